The molecule has 0 unspecified atom stereocenters. The van der Waals surface area contributed by atoms with Crippen LogP contribution in [0, 0.1) is 6.92 Å². The van der Waals surface area contributed by atoms with Gasteiger partial charge in [0.2, 0.25) is 5.91 Å². The maximum atomic E-state index is 12.1. The van der Waals surface area contributed by atoms with E-state index >= 15 is 0 Å². The topological polar surface area (TPSA) is 42.0 Å². The number of rotatable bonds is 4. The van der Waals surface area contributed by atoms with Gasteiger partial charge in [0.05, 0.1) is 6.42 Å². The van der Waals surface area contributed by atoms with Crippen LogP contribution in [-0.4, -0.2) is 10.9 Å². The van der Waals surface area contributed by atoms with Crippen LogP contribution in [0.2, 0.25) is 0 Å². The van der Waals surface area contributed by atoms with Gasteiger partial charge < -0.3 is 5.32 Å². The highest BCUT2D eigenvalue weighted by atomic mass is 16.1. The average Bonchev–Trinajstić information content (AvgIpc) is 2.56. The average molecular weight is 302 g/mol. The maximum Gasteiger partial charge on any atom is 0.228 e. The largest absolute Gasteiger partial charge is 0.326 e. The van der Waals surface area contributed by atoms with Crippen molar-refractivity contribution in [1.29, 1.82) is 0 Å². The Morgan fingerprint density at radius 3 is 2.39 bits per heavy atom. The van der Waals surface area contributed by atoms with Crippen molar-refractivity contribution in [2.75, 3.05) is 5.32 Å². The van der Waals surface area contributed by atoms with Crippen molar-refractivity contribution in [2.45, 2.75) is 13.3 Å². The van der Waals surface area contributed by atoms with Crippen molar-refractivity contribution in [3.05, 3.63) is 84.2 Å². The zero-order chi connectivity index (χ0) is 16.1. The Bertz CT molecular complexity index is 795. The first-order chi connectivity index (χ1) is 11.2. The normalized spacial score (nSPS) is 10.3. The summed E-state index contributed by atoms with van der Waals surface area (Å²) in [5.41, 5.74) is 5.04. The molecule has 0 bridgehead atoms. The van der Waals surface area contributed by atoms with Gasteiger partial charge in [0.15, 0.2) is 0 Å². The number of nitrogens with one attached hydrogen (secondary N) is 1. The molecule has 0 saturated heterocycles. The molecule has 0 aliphatic carbocycles. The van der Waals surface area contributed by atoms with Crippen molar-refractivity contribution in [2.24, 2.45) is 0 Å². The highest BCUT2D eigenvalue weighted by molar-refractivity contribution is 5.92. The summed E-state index contributed by atoms with van der Waals surface area (Å²) in [7, 11) is 0. The Balaban J connectivity index is 1.67. The zero-order valence-electron chi connectivity index (χ0n) is 13.0. The second kappa shape index (κ2) is 6.88. The standard InChI is InChI=1S/C20H18N2O/c1-15-13-18(11-12-21-15)17-7-9-19(10-8-17)22-20(23)14-16-5-3-2-4-6-16/h2-13H,14H2,1H3,(H,22,23). The van der Waals surface area contributed by atoms with Crippen molar-refractivity contribution < 1.29 is 4.79 Å². The van der Waals surface area contributed by atoms with E-state index in [9.17, 15) is 4.79 Å². The summed E-state index contributed by atoms with van der Waals surface area (Å²) < 4.78 is 0. The van der Waals surface area contributed by atoms with Crippen LogP contribution in [0.3, 0.4) is 0 Å². The Hall–Kier alpha value is -2.94. The molecule has 3 aromatic rings. The Morgan fingerprint density at radius 2 is 1.70 bits per heavy atom. The number of aryl methyl sites for hydroxylation is 1. The van der Waals surface area contributed by atoms with E-state index in [1.165, 1.54) is 0 Å². The van der Waals surface area contributed by atoms with Gasteiger partial charge in [-0.25, -0.2) is 0 Å². The number of hydrogen-bond acceptors (Lipinski definition) is 2. The molecule has 0 aliphatic rings. The lowest BCUT2D eigenvalue weighted by molar-refractivity contribution is -0.115. The first-order valence-electron chi connectivity index (χ1n) is 7.57. The minimum Gasteiger partial charge on any atom is -0.326 e. The molecule has 3 rings (SSSR count). The van der Waals surface area contributed by atoms with E-state index in [-0.39, 0.29) is 5.91 Å². The molecule has 3 nitrogen and oxygen atoms in total. The van der Waals surface area contributed by atoms with Crippen LogP contribution >= 0.6 is 0 Å². The van der Waals surface area contributed by atoms with E-state index in [0.717, 1.165) is 28.1 Å². The Labute approximate surface area is 136 Å². The van der Waals surface area contributed by atoms with E-state index < -0.39 is 0 Å². The third kappa shape index (κ3) is 4.04. The van der Waals surface area contributed by atoms with E-state index in [1.807, 2.05) is 73.7 Å². The molecule has 0 aliphatic heterocycles. The molecule has 0 fully saturated rings. The summed E-state index contributed by atoms with van der Waals surface area (Å²) in [6.07, 6.45) is 2.19. The summed E-state index contributed by atoms with van der Waals surface area (Å²) in [5, 5.41) is 2.93. The van der Waals surface area contributed by atoms with Crippen molar-refractivity contribution >= 4 is 11.6 Å². The lowest BCUT2D eigenvalue weighted by Crippen LogP contribution is -2.14. The number of carbonyl (C=O) groups is 1. The highest BCUT2D eigenvalue weighted by Crippen LogP contribution is 2.21. The number of anilines is 1. The Morgan fingerprint density at radius 1 is 0.957 bits per heavy atom. The van der Waals surface area contributed by atoms with Gasteiger partial charge in [0.25, 0.3) is 0 Å². The van der Waals surface area contributed by atoms with Crippen LogP contribution in [0.4, 0.5) is 5.69 Å². The SMILES string of the molecule is Cc1cc(-c2ccc(NC(=O)Cc3ccccc3)cc2)ccn1. The predicted octanol–water partition coefficient (Wildman–Crippen LogP) is 4.24. The molecule has 1 heterocycles. The molecule has 23 heavy (non-hydrogen) atoms. The molecule has 2 aromatic carbocycles. The van der Waals surface area contributed by atoms with Crippen LogP contribution in [0.15, 0.2) is 72.9 Å². The van der Waals surface area contributed by atoms with Crippen LogP contribution in [0.5, 0.6) is 0 Å². The quantitative estimate of drug-likeness (QED) is 0.783. The van der Waals surface area contributed by atoms with Gasteiger partial charge in [-0.15, -0.1) is 0 Å². The van der Waals surface area contributed by atoms with E-state index in [2.05, 4.69) is 10.3 Å². The summed E-state index contributed by atoms with van der Waals surface area (Å²) in [5.74, 6) is -0.0105. The highest BCUT2D eigenvalue weighted by Gasteiger charge is 2.04. The molecule has 0 atom stereocenters. The summed E-state index contributed by atoms with van der Waals surface area (Å²) >= 11 is 0. The fraction of sp³-hybridized carbons (Fsp3) is 0.100. The third-order valence-corrected chi connectivity index (χ3v) is 3.61. The molecule has 0 saturated carbocycles. The van der Waals surface area contributed by atoms with Gasteiger partial charge in [-0.2, -0.15) is 0 Å². The number of pyridine rings is 1. The van der Waals surface area contributed by atoms with Gasteiger partial charge in [-0.05, 0) is 47.9 Å². The molecule has 3 heteroatoms. The van der Waals surface area contributed by atoms with Gasteiger partial charge >= 0.3 is 0 Å². The number of benzene rings is 2. The molecule has 1 amide bonds. The van der Waals surface area contributed by atoms with Crippen LogP contribution in [-0.2, 0) is 11.2 Å². The smallest absolute Gasteiger partial charge is 0.228 e. The molecule has 0 radical (unpaired) electrons. The number of nitrogens with zero attached hydrogens (tertiary/aromatic N) is 1. The van der Waals surface area contributed by atoms with Crippen molar-refractivity contribution in [1.82, 2.24) is 4.98 Å². The lowest BCUT2D eigenvalue weighted by Gasteiger charge is -2.07. The van der Waals surface area contributed by atoms with Crippen molar-refractivity contribution in [3.8, 4) is 11.1 Å². The van der Waals surface area contributed by atoms with Crippen LogP contribution in [0.1, 0.15) is 11.3 Å². The molecular weight excluding hydrogens is 284 g/mol. The molecular formula is C20H18N2O. The molecule has 1 N–H and O–H groups in total. The van der Waals surface area contributed by atoms with Gasteiger partial charge in [-0.1, -0.05) is 42.5 Å². The summed E-state index contributed by atoms with van der Waals surface area (Å²) in [6.45, 7) is 1.97. The first kappa shape index (κ1) is 15.0. The third-order valence-electron chi connectivity index (χ3n) is 3.61. The van der Waals surface area contributed by atoms with E-state index in [4.69, 9.17) is 0 Å². The lowest BCUT2D eigenvalue weighted by atomic mass is 10.1. The number of aromatic nitrogens is 1. The van der Waals surface area contributed by atoms with Gasteiger partial charge in [0.1, 0.15) is 0 Å². The fourth-order valence-corrected chi connectivity index (χ4v) is 2.46. The number of carbonyl (C=O) groups excluding carboxylic acids is 1. The molecule has 114 valence electrons. The summed E-state index contributed by atoms with van der Waals surface area (Å²) in [4.78, 5) is 16.3. The second-order valence-electron chi connectivity index (χ2n) is 5.47. The van der Waals surface area contributed by atoms with Gasteiger partial charge in [-0.3, -0.25) is 9.78 Å². The minimum atomic E-state index is -0.0105. The Kier molecular flexibility index (Phi) is 4.48. The van der Waals surface area contributed by atoms with Crippen LogP contribution in [0.25, 0.3) is 11.1 Å². The first-order valence-corrected chi connectivity index (χ1v) is 7.57. The van der Waals surface area contributed by atoms with Crippen LogP contribution < -0.4 is 5.32 Å². The molecule has 0 spiro atoms. The second-order valence-corrected chi connectivity index (χ2v) is 5.47. The van der Waals surface area contributed by atoms with E-state index in [0.29, 0.717) is 6.42 Å². The number of amides is 1. The monoisotopic (exact) mass is 302 g/mol. The minimum absolute atomic E-state index is 0.0105. The maximum absolute atomic E-state index is 12.1. The zero-order valence-corrected chi connectivity index (χ0v) is 13.0. The van der Waals surface area contributed by atoms with Crippen molar-refractivity contribution in [3.63, 3.8) is 0 Å². The van der Waals surface area contributed by atoms with E-state index in [1.54, 1.807) is 6.20 Å². The number of hydrogen-bond donors (Lipinski definition) is 1. The predicted molar refractivity (Wildman–Crippen MR) is 93.2 cm³/mol. The fourth-order valence-electron chi connectivity index (χ4n) is 2.46. The van der Waals surface area contributed by atoms with Gasteiger partial charge in [0, 0.05) is 17.6 Å². The molecule has 1 aromatic heterocycles. The summed E-state index contributed by atoms with van der Waals surface area (Å²) in [6, 6.07) is 21.6.